The Kier molecular flexibility index (Phi) is 5.96. The van der Waals surface area contributed by atoms with Gasteiger partial charge in [-0.3, -0.25) is 4.90 Å². The Labute approximate surface area is 239 Å². The van der Waals surface area contributed by atoms with Crippen LogP contribution in [-0.2, 0) is 11.8 Å². The molecule has 3 atom stereocenters. The van der Waals surface area contributed by atoms with Crippen LogP contribution in [0.4, 0.5) is 30.1 Å². The van der Waals surface area contributed by atoms with Crippen molar-refractivity contribution in [3.8, 4) is 12.1 Å². The van der Waals surface area contributed by atoms with E-state index in [1.54, 1.807) is 11.8 Å². The number of alkyl halides is 3. The summed E-state index contributed by atoms with van der Waals surface area (Å²) in [6, 6.07) is 2.09. The van der Waals surface area contributed by atoms with Gasteiger partial charge < -0.3 is 25.4 Å². The van der Waals surface area contributed by atoms with E-state index in [-0.39, 0.29) is 42.2 Å². The first-order valence-electron chi connectivity index (χ1n) is 14.1. The highest BCUT2D eigenvalue weighted by molar-refractivity contribution is 7.16. The van der Waals surface area contributed by atoms with Crippen molar-refractivity contribution < 1.29 is 23.0 Å². The molecule has 0 aromatic carbocycles. The average molecular weight is 591 g/mol. The molecule has 220 valence electrons. The van der Waals surface area contributed by atoms with Crippen molar-refractivity contribution in [2.24, 2.45) is 0 Å². The number of nitrogens with zero attached hydrogens (tertiary/aromatic N) is 7. The molecule has 0 bridgehead atoms. The fraction of sp³-hybridized carbons (Fsp3) is 0.704. The van der Waals surface area contributed by atoms with E-state index in [2.05, 4.69) is 19.9 Å². The maximum Gasteiger partial charge on any atom is 0.323 e. The molecule has 3 N–H and O–H groups in total. The number of β-amino-alcohol motifs (C(OH)–C–C–N with tert-alkyl or cyclic N) is 1. The van der Waals surface area contributed by atoms with E-state index in [1.165, 1.54) is 0 Å². The Morgan fingerprint density at radius 1 is 1.12 bits per heavy atom. The zero-order valence-electron chi connectivity index (χ0n) is 22.9. The van der Waals surface area contributed by atoms with Crippen LogP contribution < -0.4 is 20.3 Å². The summed E-state index contributed by atoms with van der Waals surface area (Å²) < 4.78 is 51.4. The van der Waals surface area contributed by atoms with Crippen LogP contribution in [0, 0.1) is 11.3 Å². The standard InChI is InChI=1S/C27H33F3N8O2S/c1-24(39)4-2-6-36(12-24)21-33-22(35-23(34-21)40-15-25-5-3-7-38(25)11-16(28)8-25)37-13-26(14-37)19-17(10-31)20(32)41-18(19)9-27(26,29)30/h16,39H,2-9,11-15,32H2,1H3/t16-,24-,25+/m1/s1. The van der Waals surface area contributed by atoms with Crippen molar-refractivity contribution >= 4 is 28.2 Å². The lowest BCUT2D eigenvalue weighted by molar-refractivity contribution is -0.0775. The maximum atomic E-state index is 15.5. The number of hydrogen-bond donors (Lipinski definition) is 2. The first-order chi connectivity index (χ1) is 19.4. The Hall–Kier alpha value is -2.89. The van der Waals surface area contributed by atoms with Gasteiger partial charge in [-0.05, 0) is 39.2 Å². The number of piperidine rings is 1. The molecule has 6 heterocycles. The second-order valence-corrected chi connectivity index (χ2v) is 13.8. The molecule has 0 unspecified atom stereocenters. The van der Waals surface area contributed by atoms with Gasteiger partial charge in [-0.15, -0.1) is 11.3 Å². The predicted octanol–water partition coefficient (Wildman–Crippen LogP) is 2.64. The minimum atomic E-state index is -3.04. The third-order valence-electron chi connectivity index (χ3n) is 9.67. The molecule has 0 amide bonds. The molecule has 4 saturated heterocycles. The smallest absolute Gasteiger partial charge is 0.323 e. The van der Waals surface area contributed by atoms with E-state index in [4.69, 9.17) is 10.5 Å². The summed E-state index contributed by atoms with van der Waals surface area (Å²) in [7, 11) is 0. The lowest BCUT2D eigenvalue weighted by Crippen LogP contribution is -2.67. The van der Waals surface area contributed by atoms with Gasteiger partial charge in [0, 0.05) is 56.0 Å². The van der Waals surface area contributed by atoms with E-state index in [0.29, 0.717) is 48.9 Å². The first kappa shape index (κ1) is 27.0. The zero-order valence-corrected chi connectivity index (χ0v) is 23.7. The van der Waals surface area contributed by atoms with Gasteiger partial charge >= 0.3 is 6.01 Å². The van der Waals surface area contributed by atoms with E-state index < -0.39 is 35.1 Å². The molecule has 41 heavy (non-hydrogen) atoms. The number of ether oxygens (including phenoxy) is 1. The molecule has 2 aromatic rings. The predicted molar refractivity (Wildman–Crippen MR) is 146 cm³/mol. The number of fused-ring (bicyclic) bond motifs is 3. The first-order valence-corrected chi connectivity index (χ1v) is 15.0. The minimum absolute atomic E-state index is 0.0519. The summed E-state index contributed by atoms with van der Waals surface area (Å²) in [5.41, 5.74) is 3.62. The molecule has 4 fully saturated rings. The normalized spacial score (nSPS) is 31.7. The van der Waals surface area contributed by atoms with Crippen LogP contribution in [0.5, 0.6) is 6.01 Å². The van der Waals surface area contributed by atoms with Crippen LogP contribution in [0.2, 0.25) is 0 Å². The lowest BCUT2D eigenvalue weighted by atomic mass is 9.72. The largest absolute Gasteiger partial charge is 0.461 e. The quantitative estimate of drug-likeness (QED) is 0.537. The number of halogens is 3. The van der Waals surface area contributed by atoms with Crippen LogP contribution in [0.3, 0.4) is 0 Å². The molecule has 2 aromatic heterocycles. The summed E-state index contributed by atoms with van der Waals surface area (Å²) in [5.74, 6) is -2.54. The van der Waals surface area contributed by atoms with Gasteiger partial charge in [-0.2, -0.15) is 20.2 Å². The highest BCUT2D eigenvalue weighted by atomic mass is 32.1. The van der Waals surface area contributed by atoms with Crippen molar-refractivity contribution in [1.29, 1.82) is 5.26 Å². The van der Waals surface area contributed by atoms with E-state index in [1.807, 2.05) is 11.0 Å². The van der Waals surface area contributed by atoms with Gasteiger partial charge in [0.25, 0.3) is 5.92 Å². The van der Waals surface area contributed by atoms with Crippen LogP contribution >= 0.6 is 11.3 Å². The molecular weight excluding hydrogens is 557 g/mol. The Balaban J connectivity index is 1.20. The number of thiophene rings is 1. The number of hydrogen-bond acceptors (Lipinski definition) is 11. The molecular formula is C27H33F3N8O2S. The van der Waals surface area contributed by atoms with Gasteiger partial charge in [-0.1, -0.05) is 0 Å². The van der Waals surface area contributed by atoms with Crippen molar-refractivity contribution in [3.63, 3.8) is 0 Å². The molecule has 0 radical (unpaired) electrons. The molecule has 1 spiro atoms. The number of aliphatic hydroxyl groups is 1. The topological polar surface area (TPSA) is 128 Å². The lowest BCUT2D eigenvalue weighted by Gasteiger charge is -2.51. The van der Waals surface area contributed by atoms with Crippen molar-refractivity contribution in [1.82, 2.24) is 19.9 Å². The van der Waals surface area contributed by atoms with Gasteiger partial charge in [-0.25, -0.2) is 13.2 Å². The summed E-state index contributed by atoms with van der Waals surface area (Å²) >= 11 is 1.06. The van der Waals surface area contributed by atoms with Gasteiger partial charge in [0.15, 0.2) is 0 Å². The third kappa shape index (κ3) is 4.14. The monoisotopic (exact) mass is 590 g/mol. The number of nitrogens with two attached hydrogens (primary N) is 1. The fourth-order valence-corrected chi connectivity index (χ4v) is 8.82. The summed E-state index contributed by atoms with van der Waals surface area (Å²) in [5, 5.41) is 20.7. The molecule has 1 aliphatic carbocycles. The van der Waals surface area contributed by atoms with E-state index in [0.717, 1.165) is 37.1 Å². The number of anilines is 3. The van der Waals surface area contributed by atoms with Crippen molar-refractivity contribution in [2.45, 2.75) is 74.1 Å². The van der Waals surface area contributed by atoms with Gasteiger partial charge in [0.2, 0.25) is 11.9 Å². The van der Waals surface area contributed by atoms with E-state index in [9.17, 15) is 14.8 Å². The Bertz CT molecular complexity index is 1420. The molecule has 7 rings (SSSR count). The SMILES string of the molecule is C[C@@]1(O)CCCN(c2nc(OC[C@@]34CCCN3C[C@H](F)C4)nc(N3CC4(C3)c3c(sc(N)c3C#N)CC4(F)F)n2)C1. The Morgan fingerprint density at radius 3 is 2.59 bits per heavy atom. The second-order valence-electron chi connectivity index (χ2n) is 12.7. The van der Waals surface area contributed by atoms with Crippen molar-refractivity contribution in [2.75, 3.05) is 61.4 Å². The molecule has 10 nitrogen and oxygen atoms in total. The number of aromatic nitrogens is 3. The molecule has 14 heteroatoms. The van der Waals surface area contributed by atoms with Gasteiger partial charge in [0.05, 0.1) is 22.1 Å². The highest BCUT2D eigenvalue weighted by Gasteiger charge is 2.68. The second kappa shape index (κ2) is 9.05. The average Bonchev–Trinajstić information content (AvgIpc) is 3.55. The Morgan fingerprint density at radius 2 is 1.85 bits per heavy atom. The molecule has 4 aliphatic heterocycles. The number of rotatable bonds is 5. The fourth-order valence-electron chi connectivity index (χ4n) is 7.65. The summed E-state index contributed by atoms with van der Waals surface area (Å²) in [4.78, 5) is 19.9. The maximum absolute atomic E-state index is 15.5. The minimum Gasteiger partial charge on any atom is -0.461 e. The number of nitrogen functional groups attached to an aromatic ring is 1. The summed E-state index contributed by atoms with van der Waals surface area (Å²) in [6.07, 6.45) is 2.22. The van der Waals surface area contributed by atoms with Crippen LogP contribution in [0.25, 0.3) is 0 Å². The summed E-state index contributed by atoms with van der Waals surface area (Å²) in [6.45, 7) is 3.96. The zero-order chi connectivity index (χ0) is 28.8. The number of nitriles is 1. The van der Waals surface area contributed by atoms with Crippen LogP contribution in [-0.4, -0.2) is 94.1 Å². The van der Waals surface area contributed by atoms with Crippen LogP contribution in [0.15, 0.2) is 0 Å². The van der Waals surface area contributed by atoms with Crippen LogP contribution in [0.1, 0.15) is 55.0 Å². The van der Waals surface area contributed by atoms with Gasteiger partial charge in [0.1, 0.15) is 23.8 Å². The molecule has 5 aliphatic rings. The molecule has 0 saturated carbocycles. The third-order valence-corrected chi connectivity index (χ3v) is 10.7. The highest BCUT2D eigenvalue weighted by Crippen LogP contribution is 2.59. The van der Waals surface area contributed by atoms with E-state index >= 15 is 8.78 Å². The van der Waals surface area contributed by atoms with Crippen molar-refractivity contribution in [3.05, 3.63) is 16.0 Å².